The molecule has 0 fully saturated rings. The molecule has 0 radical (unpaired) electrons. The highest BCUT2D eigenvalue weighted by Crippen LogP contribution is 2.30. The van der Waals surface area contributed by atoms with Crippen LogP contribution in [0.2, 0.25) is 0 Å². The van der Waals surface area contributed by atoms with Gasteiger partial charge in [0, 0.05) is 28.9 Å². The molecule has 2 N–H and O–H groups in total. The van der Waals surface area contributed by atoms with E-state index in [1.165, 1.54) is 5.39 Å². The van der Waals surface area contributed by atoms with Crippen LogP contribution in [0.5, 0.6) is 0 Å². The molecule has 3 heteroatoms. The smallest absolute Gasteiger partial charge is 0.125 e. The molecule has 0 amide bonds. The summed E-state index contributed by atoms with van der Waals surface area (Å²) >= 11 is 0. The minimum absolute atomic E-state index is 0.394. The van der Waals surface area contributed by atoms with E-state index in [-0.39, 0.29) is 0 Å². The van der Waals surface area contributed by atoms with E-state index in [2.05, 4.69) is 11.1 Å². The molecule has 3 rings (SSSR count). The van der Waals surface area contributed by atoms with Crippen LogP contribution < -0.4 is 5.73 Å². The molecule has 3 aromatic rings. The topological polar surface area (TPSA) is 52.0 Å². The monoisotopic (exact) mass is 224 g/mol. The van der Waals surface area contributed by atoms with Crippen LogP contribution in [-0.4, -0.2) is 4.98 Å². The molecule has 0 aliphatic rings. The number of furan rings is 1. The van der Waals surface area contributed by atoms with Crippen molar-refractivity contribution in [2.24, 2.45) is 5.73 Å². The van der Waals surface area contributed by atoms with Crippen molar-refractivity contribution in [1.29, 1.82) is 0 Å². The van der Waals surface area contributed by atoms with E-state index >= 15 is 0 Å². The van der Waals surface area contributed by atoms with Gasteiger partial charge in [-0.1, -0.05) is 24.3 Å². The Kier molecular flexibility index (Phi) is 2.38. The van der Waals surface area contributed by atoms with E-state index in [1.54, 1.807) is 6.26 Å². The Morgan fingerprint density at radius 2 is 1.94 bits per heavy atom. The molecular weight excluding hydrogens is 212 g/mol. The van der Waals surface area contributed by atoms with Gasteiger partial charge in [-0.2, -0.15) is 0 Å². The average molecular weight is 224 g/mol. The number of benzene rings is 1. The normalized spacial score (nSPS) is 10.9. The van der Waals surface area contributed by atoms with Gasteiger partial charge in [0.2, 0.25) is 0 Å². The molecule has 0 aliphatic carbocycles. The van der Waals surface area contributed by atoms with Gasteiger partial charge in [0.15, 0.2) is 0 Å². The first kappa shape index (κ1) is 10.1. The highest BCUT2D eigenvalue weighted by molar-refractivity contribution is 5.96. The van der Waals surface area contributed by atoms with E-state index in [1.807, 2.05) is 36.7 Å². The number of nitrogens with two attached hydrogens (primary N) is 1. The summed E-state index contributed by atoms with van der Waals surface area (Å²) < 4.78 is 5.36. The molecule has 84 valence electrons. The second-order valence-electron chi connectivity index (χ2n) is 3.87. The van der Waals surface area contributed by atoms with Gasteiger partial charge < -0.3 is 10.2 Å². The van der Waals surface area contributed by atoms with E-state index < -0.39 is 0 Å². The van der Waals surface area contributed by atoms with Crippen LogP contribution in [0.4, 0.5) is 0 Å². The van der Waals surface area contributed by atoms with Gasteiger partial charge in [-0.25, -0.2) is 0 Å². The standard InChI is InChI=1S/C14H12N2O/c15-7-14-12(5-6-17-14)13-9-16-8-10-3-1-2-4-11(10)13/h1-6,8-9H,7,15H2. The van der Waals surface area contributed by atoms with Crippen molar-refractivity contribution >= 4 is 10.8 Å². The van der Waals surface area contributed by atoms with E-state index in [9.17, 15) is 0 Å². The summed E-state index contributed by atoms with van der Waals surface area (Å²) in [6, 6.07) is 10.1. The Morgan fingerprint density at radius 3 is 2.82 bits per heavy atom. The van der Waals surface area contributed by atoms with Crippen LogP contribution in [-0.2, 0) is 6.54 Å². The summed E-state index contributed by atoms with van der Waals surface area (Å²) in [5.41, 5.74) is 7.75. The van der Waals surface area contributed by atoms with Crippen molar-refractivity contribution in [2.45, 2.75) is 6.54 Å². The zero-order chi connectivity index (χ0) is 11.7. The molecule has 2 aromatic heterocycles. The van der Waals surface area contributed by atoms with Crippen molar-refractivity contribution in [3.63, 3.8) is 0 Å². The van der Waals surface area contributed by atoms with Gasteiger partial charge in [0.05, 0.1) is 12.8 Å². The second-order valence-corrected chi connectivity index (χ2v) is 3.87. The van der Waals surface area contributed by atoms with Crippen molar-refractivity contribution in [2.75, 3.05) is 0 Å². The fourth-order valence-electron chi connectivity index (χ4n) is 2.07. The van der Waals surface area contributed by atoms with Gasteiger partial charge in [-0.05, 0) is 11.5 Å². The summed E-state index contributed by atoms with van der Waals surface area (Å²) in [7, 11) is 0. The predicted octanol–water partition coefficient (Wildman–Crippen LogP) is 2.95. The number of hydrogen-bond donors (Lipinski definition) is 1. The Balaban J connectivity index is 2.31. The lowest BCUT2D eigenvalue weighted by atomic mass is 10.0. The van der Waals surface area contributed by atoms with Gasteiger partial charge >= 0.3 is 0 Å². The van der Waals surface area contributed by atoms with Gasteiger partial charge in [0.25, 0.3) is 0 Å². The number of nitrogens with zero attached hydrogens (tertiary/aromatic N) is 1. The number of rotatable bonds is 2. The van der Waals surface area contributed by atoms with Gasteiger partial charge in [-0.15, -0.1) is 0 Å². The van der Waals surface area contributed by atoms with E-state index in [4.69, 9.17) is 10.2 Å². The fourth-order valence-corrected chi connectivity index (χ4v) is 2.07. The van der Waals surface area contributed by atoms with Crippen molar-refractivity contribution in [3.05, 3.63) is 54.7 Å². The van der Waals surface area contributed by atoms with Crippen LogP contribution in [0.1, 0.15) is 5.76 Å². The molecular formula is C14H12N2O. The Morgan fingerprint density at radius 1 is 1.06 bits per heavy atom. The second kappa shape index (κ2) is 4.03. The number of pyridine rings is 1. The summed E-state index contributed by atoms with van der Waals surface area (Å²) in [5.74, 6) is 0.795. The number of fused-ring (bicyclic) bond motifs is 1. The van der Waals surface area contributed by atoms with Crippen LogP contribution >= 0.6 is 0 Å². The van der Waals surface area contributed by atoms with Gasteiger partial charge in [0.1, 0.15) is 5.76 Å². The first-order valence-corrected chi connectivity index (χ1v) is 5.49. The lowest BCUT2D eigenvalue weighted by Gasteiger charge is -2.05. The zero-order valence-corrected chi connectivity index (χ0v) is 9.26. The maximum absolute atomic E-state index is 5.66. The molecule has 0 atom stereocenters. The maximum Gasteiger partial charge on any atom is 0.125 e. The highest BCUT2D eigenvalue weighted by Gasteiger charge is 2.10. The van der Waals surface area contributed by atoms with Crippen LogP contribution in [0.3, 0.4) is 0 Å². The van der Waals surface area contributed by atoms with Crippen molar-refractivity contribution in [1.82, 2.24) is 4.98 Å². The first-order valence-electron chi connectivity index (χ1n) is 5.49. The summed E-state index contributed by atoms with van der Waals surface area (Å²) in [6.45, 7) is 0.394. The molecule has 0 saturated carbocycles. The number of hydrogen-bond acceptors (Lipinski definition) is 3. The third-order valence-electron chi connectivity index (χ3n) is 2.89. The van der Waals surface area contributed by atoms with E-state index in [0.717, 1.165) is 22.3 Å². The zero-order valence-electron chi connectivity index (χ0n) is 9.26. The minimum atomic E-state index is 0.394. The van der Waals surface area contributed by atoms with Crippen molar-refractivity contribution in [3.8, 4) is 11.1 Å². The molecule has 0 aliphatic heterocycles. The lowest BCUT2D eigenvalue weighted by Crippen LogP contribution is -1.96. The lowest BCUT2D eigenvalue weighted by molar-refractivity contribution is 0.513. The third kappa shape index (κ3) is 1.61. The Hall–Kier alpha value is -2.13. The summed E-state index contributed by atoms with van der Waals surface area (Å²) in [6.07, 6.45) is 5.38. The SMILES string of the molecule is NCc1occc1-c1cncc2ccccc12. The molecule has 0 unspecified atom stereocenters. The predicted molar refractivity (Wildman–Crippen MR) is 67.3 cm³/mol. The molecule has 0 bridgehead atoms. The minimum Gasteiger partial charge on any atom is -0.467 e. The first-order chi connectivity index (χ1) is 8.40. The average Bonchev–Trinajstić information content (AvgIpc) is 2.86. The van der Waals surface area contributed by atoms with Crippen molar-refractivity contribution < 1.29 is 4.42 Å². The fraction of sp³-hybridized carbons (Fsp3) is 0.0714. The summed E-state index contributed by atoms with van der Waals surface area (Å²) in [4.78, 5) is 4.26. The van der Waals surface area contributed by atoms with E-state index in [0.29, 0.717) is 6.54 Å². The molecule has 0 spiro atoms. The Bertz CT molecular complexity index is 653. The summed E-state index contributed by atoms with van der Waals surface area (Å²) in [5, 5.41) is 2.28. The van der Waals surface area contributed by atoms with Gasteiger partial charge in [-0.3, -0.25) is 4.98 Å². The maximum atomic E-state index is 5.66. The molecule has 17 heavy (non-hydrogen) atoms. The van der Waals surface area contributed by atoms with Crippen LogP contribution in [0.25, 0.3) is 21.9 Å². The molecule has 0 saturated heterocycles. The molecule has 3 nitrogen and oxygen atoms in total. The van der Waals surface area contributed by atoms with Crippen LogP contribution in [0.15, 0.2) is 53.4 Å². The van der Waals surface area contributed by atoms with Crippen LogP contribution in [0, 0.1) is 0 Å². The third-order valence-corrected chi connectivity index (χ3v) is 2.89. The molecule has 1 aromatic carbocycles. The molecule has 2 heterocycles. The Labute approximate surface area is 98.9 Å². The number of aromatic nitrogens is 1. The quantitative estimate of drug-likeness (QED) is 0.728. The largest absolute Gasteiger partial charge is 0.467 e. The highest BCUT2D eigenvalue weighted by atomic mass is 16.3.